The predicted molar refractivity (Wildman–Crippen MR) is 99.8 cm³/mol. The number of nitrogens with one attached hydrogen (secondary N) is 1. The van der Waals surface area contributed by atoms with Gasteiger partial charge in [-0.15, -0.1) is 0 Å². The minimum atomic E-state index is -4.47. The Labute approximate surface area is 162 Å². The highest BCUT2D eigenvalue weighted by molar-refractivity contribution is 6.00. The van der Waals surface area contributed by atoms with Crippen LogP contribution in [0.15, 0.2) is 24.3 Å². The molecule has 5 nitrogen and oxygen atoms in total. The molecule has 2 aliphatic rings. The Morgan fingerprint density at radius 2 is 1.96 bits per heavy atom. The van der Waals surface area contributed by atoms with E-state index in [0.29, 0.717) is 6.54 Å². The van der Waals surface area contributed by atoms with Gasteiger partial charge in [-0.3, -0.25) is 9.59 Å². The van der Waals surface area contributed by atoms with Gasteiger partial charge in [0.15, 0.2) is 0 Å². The van der Waals surface area contributed by atoms with E-state index in [1.54, 1.807) is 0 Å². The third kappa shape index (κ3) is 4.16. The number of hydrogen-bond acceptors (Lipinski definition) is 3. The molecule has 0 spiro atoms. The highest BCUT2D eigenvalue weighted by Crippen LogP contribution is 2.35. The number of carbonyl (C=O) groups excluding carboxylic acids is 2. The molecule has 1 aromatic carbocycles. The summed E-state index contributed by atoms with van der Waals surface area (Å²) in [7, 11) is 4.01. The first kappa shape index (κ1) is 20.6. The van der Waals surface area contributed by atoms with E-state index < -0.39 is 17.7 Å². The number of alkyl halides is 3. The van der Waals surface area contributed by atoms with Crippen LogP contribution in [-0.4, -0.2) is 49.4 Å². The smallest absolute Gasteiger partial charge is 0.354 e. The Morgan fingerprint density at radius 1 is 1.29 bits per heavy atom. The van der Waals surface area contributed by atoms with Gasteiger partial charge in [-0.05, 0) is 45.1 Å². The van der Waals surface area contributed by atoms with Crippen molar-refractivity contribution in [1.29, 1.82) is 0 Å². The van der Waals surface area contributed by atoms with Crippen molar-refractivity contribution < 1.29 is 22.8 Å². The van der Waals surface area contributed by atoms with Gasteiger partial charge >= 0.3 is 6.18 Å². The number of amides is 2. The fourth-order valence-electron chi connectivity index (χ4n) is 4.19. The van der Waals surface area contributed by atoms with E-state index in [1.807, 2.05) is 14.1 Å². The largest absolute Gasteiger partial charge is 0.416 e. The average molecular weight is 397 g/mol. The Bertz CT molecular complexity index is 742. The van der Waals surface area contributed by atoms with E-state index >= 15 is 0 Å². The maximum absolute atomic E-state index is 12.9. The summed E-state index contributed by atoms with van der Waals surface area (Å²) in [6, 6.07) is 4.67. The van der Waals surface area contributed by atoms with Crippen LogP contribution in [0.3, 0.4) is 0 Å². The summed E-state index contributed by atoms with van der Waals surface area (Å²) in [5.41, 5.74) is -0.686. The van der Waals surface area contributed by atoms with Crippen LogP contribution in [0.5, 0.6) is 0 Å². The van der Waals surface area contributed by atoms with Gasteiger partial charge in [-0.25, -0.2) is 0 Å². The first-order valence-corrected chi connectivity index (χ1v) is 9.55. The van der Waals surface area contributed by atoms with E-state index in [9.17, 15) is 22.8 Å². The van der Waals surface area contributed by atoms with Crippen LogP contribution in [0.25, 0.3) is 0 Å². The van der Waals surface area contributed by atoms with Crippen molar-refractivity contribution in [3.63, 3.8) is 0 Å². The van der Waals surface area contributed by atoms with Gasteiger partial charge in [0.25, 0.3) is 0 Å². The number of anilines is 1. The molecule has 1 aliphatic heterocycles. The zero-order valence-electron chi connectivity index (χ0n) is 16.2. The molecule has 2 amide bonds. The Hall–Kier alpha value is -2.09. The molecule has 0 radical (unpaired) electrons. The minimum Gasteiger partial charge on any atom is -0.354 e. The molecule has 1 unspecified atom stereocenters. The molecule has 8 heteroatoms. The number of likely N-dealkylation sites (N-methyl/N-ethyl adjacent to an activating group) is 1. The number of carbonyl (C=O) groups is 2. The Morgan fingerprint density at radius 3 is 2.57 bits per heavy atom. The van der Waals surface area contributed by atoms with E-state index in [1.165, 1.54) is 17.0 Å². The standard InChI is InChI=1S/C20H26F3N3O2/c1-25(2)19(8-3-4-9-19)13-24-18(28)14-10-17(27)26(12-14)16-7-5-6-15(11-16)20(21,22)23/h5-7,11,14H,3-4,8-10,12-13H2,1-2H3,(H,24,28). The molecule has 3 rings (SSSR count). The highest BCUT2D eigenvalue weighted by Gasteiger charge is 2.39. The molecule has 154 valence electrons. The van der Waals surface area contributed by atoms with Crippen molar-refractivity contribution in [2.75, 3.05) is 32.1 Å². The molecule has 2 fully saturated rings. The lowest BCUT2D eigenvalue weighted by atomic mass is 9.95. The number of hydrogen-bond donors (Lipinski definition) is 1. The topological polar surface area (TPSA) is 52.7 Å². The van der Waals surface area contributed by atoms with Crippen molar-refractivity contribution in [2.45, 2.75) is 43.8 Å². The fourth-order valence-corrected chi connectivity index (χ4v) is 4.19. The lowest BCUT2D eigenvalue weighted by molar-refractivity contribution is -0.137. The zero-order chi connectivity index (χ0) is 20.5. The summed E-state index contributed by atoms with van der Waals surface area (Å²) < 4.78 is 38.8. The zero-order valence-corrected chi connectivity index (χ0v) is 16.2. The molecule has 1 aromatic rings. The van der Waals surface area contributed by atoms with Crippen molar-refractivity contribution in [3.05, 3.63) is 29.8 Å². The summed E-state index contributed by atoms with van der Waals surface area (Å²) >= 11 is 0. The second-order valence-electron chi connectivity index (χ2n) is 8.00. The lowest BCUT2D eigenvalue weighted by Crippen LogP contribution is -2.51. The fraction of sp³-hybridized carbons (Fsp3) is 0.600. The molecule has 1 heterocycles. The SMILES string of the molecule is CN(C)C1(CNC(=O)C2CC(=O)N(c3cccc(C(F)(F)F)c3)C2)CCCC1. The summed E-state index contributed by atoms with van der Waals surface area (Å²) in [6.07, 6.45) is -0.187. The second-order valence-corrected chi connectivity index (χ2v) is 8.00. The summed E-state index contributed by atoms with van der Waals surface area (Å²) in [4.78, 5) is 28.4. The van der Waals surface area contributed by atoms with E-state index in [-0.39, 0.29) is 36.0 Å². The molecule has 1 saturated heterocycles. The maximum atomic E-state index is 12.9. The maximum Gasteiger partial charge on any atom is 0.416 e. The molecule has 1 aliphatic carbocycles. The Balaban J connectivity index is 1.65. The number of halogens is 3. The van der Waals surface area contributed by atoms with Gasteiger partial charge < -0.3 is 15.1 Å². The van der Waals surface area contributed by atoms with Gasteiger partial charge in [-0.2, -0.15) is 13.2 Å². The van der Waals surface area contributed by atoms with Gasteiger partial charge in [0, 0.05) is 30.7 Å². The van der Waals surface area contributed by atoms with Crippen molar-refractivity contribution in [1.82, 2.24) is 10.2 Å². The molecular weight excluding hydrogens is 371 g/mol. The summed E-state index contributed by atoms with van der Waals surface area (Å²) in [6.45, 7) is 0.619. The molecule has 1 N–H and O–H groups in total. The number of benzene rings is 1. The van der Waals surface area contributed by atoms with E-state index in [2.05, 4.69) is 10.2 Å². The van der Waals surface area contributed by atoms with Crippen LogP contribution in [0.2, 0.25) is 0 Å². The quantitative estimate of drug-likeness (QED) is 0.831. The predicted octanol–water partition coefficient (Wildman–Crippen LogP) is 3.05. The van der Waals surface area contributed by atoms with Gasteiger partial charge in [0.1, 0.15) is 0 Å². The van der Waals surface area contributed by atoms with Crippen LogP contribution < -0.4 is 10.2 Å². The van der Waals surface area contributed by atoms with Crippen LogP contribution in [0, 0.1) is 5.92 Å². The second kappa shape index (κ2) is 7.73. The van der Waals surface area contributed by atoms with Crippen molar-refractivity contribution in [2.24, 2.45) is 5.92 Å². The molecule has 1 saturated carbocycles. The van der Waals surface area contributed by atoms with E-state index in [0.717, 1.165) is 37.8 Å². The van der Waals surface area contributed by atoms with Crippen LogP contribution >= 0.6 is 0 Å². The molecule has 0 bridgehead atoms. The Kier molecular flexibility index (Phi) is 5.70. The van der Waals surface area contributed by atoms with Gasteiger partial charge in [0.2, 0.25) is 11.8 Å². The summed E-state index contributed by atoms with van der Waals surface area (Å²) in [5.74, 6) is -1.10. The third-order valence-electron chi connectivity index (χ3n) is 6.06. The number of nitrogens with zero attached hydrogens (tertiary/aromatic N) is 2. The van der Waals surface area contributed by atoms with Crippen LogP contribution in [-0.2, 0) is 15.8 Å². The minimum absolute atomic E-state index is 0.0110. The molecule has 0 aromatic heterocycles. The number of rotatable bonds is 5. The normalized spacial score (nSPS) is 22.1. The first-order valence-electron chi connectivity index (χ1n) is 9.55. The molecule has 1 atom stereocenters. The van der Waals surface area contributed by atoms with E-state index in [4.69, 9.17) is 0 Å². The van der Waals surface area contributed by atoms with Gasteiger partial charge in [0.05, 0.1) is 11.5 Å². The molecular formula is C20H26F3N3O2. The van der Waals surface area contributed by atoms with Crippen molar-refractivity contribution >= 4 is 17.5 Å². The van der Waals surface area contributed by atoms with Crippen LogP contribution in [0.1, 0.15) is 37.7 Å². The molecule has 28 heavy (non-hydrogen) atoms. The summed E-state index contributed by atoms with van der Waals surface area (Å²) in [5, 5.41) is 2.98. The van der Waals surface area contributed by atoms with Crippen LogP contribution in [0.4, 0.5) is 18.9 Å². The third-order valence-corrected chi connectivity index (χ3v) is 6.06. The van der Waals surface area contributed by atoms with Crippen molar-refractivity contribution in [3.8, 4) is 0 Å². The van der Waals surface area contributed by atoms with Gasteiger partial charge in [-0.1, -0.05) is 18.9 Å². The average Bonchev–Trinajstić information content (AvgIpc) is 3.27. The highest BCUT2D eigenvalue weighted by atomic mass is 19.4. The monoisotopic (exact) mass is 397 g/mol. The lowest BCUT2D eigenvalue weighted by Gasteiger charge is -2.36. The first-order chi connectivity index (χ1) is 13.1.